The maximum atomic E-state index is 13.0. The minimum atomic E-state index is -0.430. The molecule has 1 fully saturated rings. The second-order valence-electron chi connectivity index (χ2n) is 8.57. The molecular weight excluding hydrogens is 434 g/mol. The van der Waals surface area contributed by atoms with E-state index >= 15 is 0 Å². The zero-order valence-corrected chi connectivity index (χ0v) is 19.1. The van der Waals surface area contributed by atoms with Crippen LogP contribution in [0.15, 0.2) is 59.5 Å². The van der Waals surface area contributed by atoms with E-state index in [0.717, 1.165) is 52.5 Å². The van der Waals surface area contributed by atoms with Crippen LogP contribution in [0.1, 0.15) is 48.0 Å². The molecule has 0 bridgehead atoms. The molecule has 0 heterocycles. The molecule has 5 nitrogen and oxygen atoms in total. The highest BCUT2D eigenvalue weighted by Crippen LogP contribution is 2.42. The van der Waals surface area contributed by atoms with Crippen LogP contribution in [0.25, 0.3) is 21.9 Å². The fourth-order valence-corrected chi connectivity index (χ4v) is 5.67. The summed E-state index contributed by atoms with van der Waals surface area (Å²) >= 11 is 1.36. The van der Waals surface area contributed by atoms with Gasteiger partial charge >= 0.3 is 5.97 Å². The van der Waals surface area contributed by atoms with Gasteiger partial charge in [0, 0.05) is 27.5 Å². The van der Waals surface area contributed by atoms with Crippen molar-refractivity contribution in [2.45, 2.75) is 43.0 Å². The Morgan fingerprint density at radius 3 is 2.45 bits per heavy atom. The Morgan fingerprint density at radius 1 is 0.879 bits per heavy atom. The van der Waals surface area contributed by atoms with Gasteiger partial charge in [-0.2, -0.15) is 0 Å². The van der Waals surface area contributed by atoms with Crippen molar-refractivity contribution < 1.29 is 19.1 Å². The number of fused-ring (bicyclic) bond motifs is 2. The first kappa shape index (κ1) is 21.7. The third-order valence-electron chi connectivity index (χ3n) is 6.39. The number of amides is 1. The SMILES string of the molecule is O=C(COC(=O)CSc1ccc2c3c(cccc13)C(=O)c1ccccc1-2)NC1CCCCC1. The van der Waals surface area contributed by atoms with Crippen LogP contribution in [0, 0.1) is 0 Å². The lowest BCUT2D eigenvalue weighted by Crippen LogP contribution is -2.38. The number of ether oxygens (including phenoxy) is 1. The number of hydrogen-bond acceptors (Lipinski definition) is 5. The van der Waals surface area contributed by atoms with Gasteiger partial charge < -0.3 is 10.1 Å². The molecule has 1 saturated carbocycles. The molecule has 168 valence electrons. The van der Waals surface area contributed by atoms with E-state index in [0.29, 0.717) is 11.1 Å². The molecule has 5 rings (SSSR count). The van der Waals surface area contributed by atoms with Gasteiger partial charge in [0.2, 0.25) is 0 Å². The molecule has 0 unspecified atom stereocenters. The molecule has 0 aromatic heterocycles. The number of rotatable bonds is 6. The molecule has 0 saturated heterocycles. The molecular formula is C27H25NO4S. The van der Waals surface area contributed by atoms with Crippen molar-refractivity contribution >= 4 is 40.2 Å². The molecule has 0 spiro atoms. The summed E-state index contributed by atoms with van der Waals surface area (Å²) in [6.07, 6.45) is 5.47. The maximum Gasteiger partial charge on any atom is 0.316 e. The topological polar surface area (TPSA) is 72.5 Å². The third kappa shape index (κ3) is 4.40. The summed E-state index contributed by atoms with van der Waals surface area (Å²) in [7, 11) is 0. The summed E-state index contributed by atoms with van der Waals surface area (Å²) in [6, 6.07) is 17.6. The summed E-state index contributed by atoms with van der Waals surface area (Å²) < 4.78 is 5.20. The van der Waals surface area contributed by atoms with Gasteiger partial charge in [0.15, 0.2) is 12.4 Å². The smallest absolute Gasteiger partial charge is 0.316 e. The van der Waals surface area contributed by atoms with E-state index in [4.69, 9.17) is 4.74 Å². The number of carbonyl (C=O) groups excluding carboxylic acids is 3. The van der Waals surface area contributed by atoms with Crippen LogP contribution in [-0.2, 0) is 14.3 Å². The maximum absolute atomic E-state index is 13.0. The van der Waals surface area contributed by atoms with E-state index in [1.54, 1.807) is 0 Å². The zero-order valence-electron chi connectivity index (χ0n) is 18.3. The van der Waals surface area contributed by atoms with Gasteiger partial charge in [-0.25, -0.2) is 0 Å². The molecule has 33 heavy (non-hydrogen) atoms. The predicted molar refractivity (Wildman–Crippen MR) is 130 cm³/mol. The molecule has 6 heteroatoms. The highest BCUT2D eigenvalue weighted by atomic mass is 32.2. The van der Waals surface area contributed by atoms with Gasteiger partial charge in [0.25, 0.3) is 5.91 Å². The van der Waals surface area contributed by atoms with E-state index < -0.39 is 5.97 Å². The lowest BCUT2D eigenvalue weighted by Gasteiger charge is -2.22. The Balaban J connectivity index is 1.27. The number of benzene rings is 3. The minimum absolute atomic E-state index is 0.0224. The Morgan fingerprint density at radius 2 is 1.64 bits per heavy atom. The lowest BCUT2D eigenvalue weighted by atomic mass is 9.83. The number of hydrogen-bond donors (Lipinski definition) is 1. The second kappa shape index (κ2) is 9.40. The Labute approximate surface area is 196 Å². The number of thioether (sulfide) groups is 1. The zero-order chi connectivity index (χ0) is 22.8. The first-order valence-electron chi connectivity index (χ1n) is 11.4. The van der Waals surface area contributed by atoms with Crippen LogP contribution < -0.4 is 5.32 Å². The van der Waals surface area contributed by atoms with Gasteiger partial charge in [0.05, 0.1) is 5.75 Å². The molecule has 1 N–H and O–H groups in total. The van der Waals surface area contributed by atoms with Crippen LogP contribution in [0.2, 0.25) is 0 Å². The van der Waals surface area contributed by atoms with Gasteiger partial charge in [-0.15, -0.1) is 11.8 Å². The second-order valence-corrected chi connectivity index (χ2v) is 9.58. The first-order valence-corrected chi connectivity index (χ1v) is 12.4. The van der Waals surface area contributed by atoms with Crippen molar-refractivity contribution in [1.29, 1.82) is 0 Å². The number of ketones is 1. The Hall–Kier alpha value is -3.12. The largest absolute Gasteiger partial charge is 0.455 e. The van der Waals surface area contributed by atoms with Crippen LogP contribution >= 0.6 is 11.8 Å². The standard InChI is InChI=1S/C27H25NO4S/c29-24(28-17-7-2-1-3-8-17)15-32-25(30)16-33-23-14-13-19-18-9-4-5-10-20(18)27(31)22-12-6-11-21(23)26(19)22/h4-6,9-14,17H,1-3,7-8,15-16H2,(H,28,29). The quantitative estimate of drug-likeness (QED) is 0.319. The molecule has 0 aliphatic heterocycles. The van der Waals surface area contributed by atoms with E-state index in [1.165, 1.54) is 18.2 Å². The molecule has 3 aromatic rings. The van der Waals surface area contributed by atoms with Gasteiger partial charge in [0.1, 0.15) is 0 Å². The van der Waals surface area contributed by atoms with Crippen molar-refractivity contribution in [1.82, 2.24) is 5.32 Å². The van der Waals surface area contributed by atoms with Crippen LogP contribution in [0.3, 0.4) is 0 Å². The summed E-state index contributed by atoms with van der Waals surface area (Å²) in [6.45, 7) is -0.245. The van der Waals surface area contributed by atoms with Crippen molar-refractivity contribution in [3.05, 3.63) is 65.7 Å². The van der Waals surface area contributed by atoms with Crippen LogP contribution in [0.5, 0.6) is 0 Å². The molecule has 0 radical (unpaired) electrons. The molecule has 2 aliphatic rings. The third-order valence-corrected chi connectivity index (χ3v) is 7.43. The van der Waals surface area contributed by atoms with E-state index in [1.807, 2.05) is 54.6 Å². The highest BCUT2D eigenvalue weighted by molar-refractivity contribution is 8.00. The number of nitrogens with one attached hydrogen (secondary N) is 1. The fraction of sp³-hybridized carbons (Fsp3) is 0.296. The number of esters is 1. The number of carbonyl (C=O) groups is 3. The van der Waals surface area contributed by atoms with E-state index in [-0.39, 0.29) is 30.1 Å². The van der Waals surface area contributed by atoms with E-state index in [9.17, 15) is 14.4 Å². The van der Waals surface area contributed by atoms with Crippen LogP contribution in [-0.4, -0.2) is 36.1 Å². The Kier molecular flexibility index (Phi) is 6.18. The average Bonchev–Trinajstić information content (AvgIpc) is 2.85. The molecule has 0 atom stereocenters. The van der Waals surface area contributed by atoms with Crippen molar-refractivity contribution in [3.8, 4) is 11.1 Å². The predicted octanol–water partition coefficient (Wildman–Crippen LogP) is 5.14. The van der Waals surface area contributed by atoms with Gasteiger partial charge in [-0.05, 0) is 35.4 Å². The summed E-state index contributed by atoms with van der Waals surface area (Å²) in [5.41, 5.74) is 3.37. The van der Waals surface area contributed by atoms with E-state index in [2.05, 4.69) is 5.32 Å². The Bertz CT molecular complexity index is 1250. The van der Waals surface area contributed by atoms with Crippen molar-refractivity contribution in [3.63, 3.8) is 0 Å². The summed E-state index contributed by atoms with van der Waals surface area (Å²) in [5.74, 6) is -0.547. The first-order chi connectivity index (χ1) is 16.1. The fourth-order valence-electron chi connectivity index (χ4n) is 4.82. The molecule has 2 aliphatic carbocycles. The van der Waals surface area contributed by atoms with Crippen LogP contribution in [0.4, 0.5) is 0 Å². The summed E-state index contributed by atoms with van der Waals surface area (Å²) in [4.78, 5) is 38.3. The minimum Gasteiger partial charge on any atom is -0.455 e. The molecule has 3 aromatic carbocycles. The molecule has 1 amide bonds. The van der Waals surface area contributed by atoms with Gasteiger partial charge in [-0.1, -0.05) is 67.8 Å². The normalized spacial score (nSPS) is 15.2. The van der Waals surface area contributed by atoms with Crippen molar-refractivity contribution in [2.75, 3.05) is 12.4 Å². The van der Waals surface area contributed by atoms with Crippen molar-refractivity contribution in [2.24, 2.45) is 0 Å². The highest BCUT2D eigenvalue weighted by Gasteiger charge is 2.25. The monoisotopic (exact) mass is 459 g/mol. The average molecular weight is 460 g/mol. The summed E-state index contributed by atoms with van der Waals surface area (Å²) in [5, 5.41) is 4.82. The van der Waals surface area contributed by atoms with Gasteiger partial charge in [-0.3, -0.25) is 14.4 Å². The lowest BCUT2D eigenvalue weighted by molar-refractivity contribution is -0.146.